The summed E-state index contributed by atoms with van der Waals surface area (Å²) in [5.41, 5.74) is 7.69. The van der Waals surface area contributed by atoms with E-state index in [0.29, 0.717) is 13.0 Å². The highest BCUT2D eigenvalue weighted by Crippen LogP contribution is 2.28. The highest BCUT2D eigenvalue weighted by Gasteiger charge is 2.26. The third-order valence-electron chi connectivity index (χ3n) is 4.83. The number of aromatic amines is 1. The predicted molar refractivity (Wildman–Crippen MR) is 86.8 cm³/mol. The van der Waals surface area contributed by atoms with Gasteiger partial charge in [0.2, 0.25) is 5.91 Å². The molecule has 1 aliphatic heterocycles. The minimum absolute atomic E-state index is 0.202. The van der Waals surface area contributed by atoms with Gasteiger partial charge in [0.25, 0.3) is 5.91 Å². The van der Waals surface area contributed by atoms with Crippen molar-refractivity contribution in [2.24, 2.45) is 5.73 Å². The van der Waals surface area contributed by atoms with E-state index in [1.165, 1.54) is 18.4 Å². The molecule has 2 aliphatic rings. The maximum atomic E-state index is 12.5. The topological polar surface area (TPSA) is 92.1 Å². The predicted octanol–water partition coefficient (Wildman–Crippen LogP) is 2.11. The van der Waals surface area contributed by atoms with E-state index in [-0.39, 0.29) is 17.5 Å². The number of piperidine rings is 1. The van der Waals surface area contributed by atoms with Gasteiger partial charge >= 0.3 is 0 Å². The van der Waals surface area contributed by atoms with Gasteiger partial charge < -0.3 is 10.6 Å². The zero-order valence-electron chi connectivity index (χ0n) is 13.4. The highest BCUT2D eigenvalue weighted by atomic mass is 16.2. The minimum Gasteiger partial charge on any atom is -0.364 e. The lowest BCUT2D eigenvalue weighted by Crippen LogP contribution is -2.39. The first-order valence-corrected chi connectivity index (χ1v) is 8.44. The molecule has 3 N–H and O–H groups in total. The van der Waals surface area contributed by atoms with Gasteiger partial charge in [0.15, 0.2) is 0 Å². The Labute approximate surface area is 136 Å². The van der Waals surface area contributed by atoms with Crippen molar-refractivity contribution in [3.05, 3.63) is 29.1 Å². The molecule has 1 fully saturated rings. The van der Waals surface area contributed by atoms with Crippen molar-refractivity contribution < 1.29 is 9.59 Å². The summed E-state index contributed by atoms with van der Waals surface area (Å²) in [7, 11) is 0. The molecule has 124 valence electrons. The van der Waals surface area contributed by atoms with E-state index in [0.717, 1.165) is 37.9 Å². The molecule has 2 amide bonds. The van der Waals surface area contributed by atoms with Gasteiger partial charge in [-0.05, 0) is 44.6 Å². The van der Waals surface area contributed by atoms with Crippen molar-refractivity contribution >= 4 is 11.8 Å². The number of hydrogen-bond acceptors (Lipinski definition) is 3. The van der Waals surface area contributed by atoms with E-state index in [1.807, 2.05) is 4.90 Å². The van der Waals surface area contributed by atoms with Gasteiger partial charge in [0.1, 0.15) is 5.69 Å². The van der Waals surface area contributed by atoms with Crippen LogP contribution in [-0.4, -0.2) is 40.0 Å². The molecule has 1 aromatic rings. The van der Waals surface area contributed by atoms with Gasteiger partial charge in [-0.15, -0.1) is 0 Å². The molecule has 1 atom stereocenters. The van der Waals surface area contributed by atoms with E-state index in [1.54, 1.807) is 6.07 Å². The van der Waals surface area contributed by atoms with E-state index in [4.69, 9.17) is 5.73 Å². The normalized spacial score (nSPS) is 21.8. The number of carbonyl (C=O) groups excluding carboxylic acids is 2. The van der Waals surface area contributed by atoms with Crippen molar-refractivity contribution in [2.75, 3.05) is 13.1 Å². The number of aromatic nitrogens is 2. The first-order chi connectivity index (χ1) is 11.1. The van der Waals surface area contributed by atoms with Crippen LogP contribution in [0.5, 0.6) is 0 Å². The lowest BCUT2D eigenvalue weighted by atomic mass is 9.93. The SMILES string of the molecule is NC(=O)c1cc([C@H]2CCCN(C(=O)CC3=CCCCC3)C2)[nH]n1. The van der Waals surface area contributed by atoms with E-state index < -0.39 is 5.91 Å². The van der Waals surface area contributed by atoms with Crippen LogP contribution < -0.4 is 5.73 Å². The fourth-order valence-electron chi connectivity index (χ4n) is 3.50. The highest BCUT2D eigenvalue weighted by molar-refractivity contribution is 5.90. The first-order valence-electron chi connectivity index (χ1n) is 8.44. The third kappa shape index (κ3) is 3.81. The van der Waals surface area contributed by atoms with Crippen LogP contribution in [0.3, 0.4) is 0 Å². The van der Waals surface area contributed by atoms with Gasteiger partial charge in [0.05, 0.1) is 0 Å². The molecule has 1 aliphatic carbocycles. The second kappa shape index (κ2) is 6.98. The van der Waals surface area contributed by atoms with Gasteiger partial charge in [-0.1, -0.05) is 11.6 Å². The Morgan fingerprint density at radius 3 is 2.91 bits per heavy atom. The average molecular weight is 316 g/mol. The molecular weight excluding hydrogens is 292 g/mol. The summed E-state index contributed by atoms with van der Waals surface area (Å²) in [5, 5.41) is 6.84. The van der Waals surface area contributed by atoms with Gasteiger partial charge in [-0.2, -0.15) is 5.10 Å². The second-order valence-corrected chi connectivity index (χ2v) is 6.54. The van der Waals surface area contributed by atoms with Crippen LogP contribution in [0, 0.1) is 0 Å². The maximum absolute atomic E-state index is 12.5. The molecule has 1 aromatic heterocycles. The number of amides is 2. The molecule has 0 bridgehead atoms. The molecule has 0 radical (unpaired) electrons. The van der Waals surface area contributed by atoms with E-state index in [9.17, 15) is 9.59 Å². The molecular formula is C17H24N4O2. The van der Waals surface area contributed by atoms with Crippen LogP contribution in [0.4, 0.5) is 0 Å². The minimum atomic E-state index is -0.527. The van der Waals surface area contributed by atoms with Crippen LogP contribution in [0.15, 0.2) is 17.7 Å². The zero-order valence-corrected chi connectivity index (χ0v) is 13.4. The van der Waals surface area contributed by atoms with E-state index in [2.05, 4.69) is 16.3 Å². The van der Waals surface area contributed by atoms with Gasteiger partial charge in [-0.25, -0.2) is 0 Å². The Morgan fingerprint density at radius 2 is 2.22 bits per heavy atom. The number of primary amides is 1. The number of nitrogens with zero attached hydrogens (tertiary/aromatic N) is 2. The largest absolute Gasteiger partial charge is 0.364 e. The van der Waals surface area contributed by atoms with Crippen LogP contribution in [-0.2, 0) is 4.79 Å². The maximum Gasteiger partial charge on any atom is 0.269 e. The van der Waals surface area contributed by atoms with Crippen molar-refractivity contribution in [1.29, 1.82) is 0 Å². The fraction of sp³-hybridized carbons (Fsp3) is 0.588. The third-order valence-corrected chi connectivity index (χ3v) is 4.83. The molecule has 1 saturated heterocycles. The number of carbonyl (C=O) groups is 2. The molecule has 2 heterocycles. The quantitative estimate of drug-likeness (QED) is 0.833. The number of H-pyrrole nitrogens is 1. The number of allylic oxidation sites excluding steroid dienone is 1. The summed E-state index contributed by atoms with van der Waals surface area (Å²) < 4.78 is 0. The molecule has 0 aromatic carbocycles. The van der Waals surface area contributed by atoms with Gasteiger partial charge in [-0.3, -0.25) is 14.7 Å². The van der Waals surface area contributed by atoms with Crippen LogP contribution in [0.2, 0.25) is 0 Å². The zero-order chi connectivity index (χ0) is 16.2. The standard InChI is InChI=1S/C17H24N4O2/c18-17(23)15-10-14(19-20-15)13-7-4-8-21(11-13)16(22)9-12-5-2-1-3-6-12/h5,10,13H,1-4,6-9,11H2,(H2,18,23)(H,19,20)/t13-/m0/s1. The summed E-state index contributed by atoms with van der Waals surface area (Å²) in [6, 6.07) is 1.71. The van der Waals surface area contributed by atoms with Crippen molar-refractivity contribution in [2.45, 2.75) is 50.9 Å². The summed E-state index contributed by atoms with van der Waals surface area (Å²) in [4.78, 5) is 25.7. The second-order valence-electron chi connectivity index (χ2n) is 6.54. The molecule has 3 rings (SSSR count). The van der Waals surface area contributed by atoms with Crippen molar-refractivity contribution in [1.82, 2.24) is 15.1 Å². The Morgan fingerprint density at radius 1 is 1.35 bits per heavy atom. The molecule has 0 unspecified atom stereocenters. The lowest BCUT2D eigenvalue weighted by Gasteiger charge is -2.32. The molecule has 0 spiro atoms. The summed E-state index contributed by atoms with van der Waals surface area (Å²) in [5.74, 6) is -0.105. The Balaban J connectivity index is 1.61. The Bertz CT molecular complexity index is 620. The van der Waals surface area contributed by atoms with Crippen LogP contribution in [0.25, 0.3) is 0 Å². The Kier molecular flexibility index (Phi) is 4.79. The molecule has 23 heavy (non-hydrogen) atoms. The fourth-order valence-corrected chi connectivity index (χ4v) is 3.50. The van der Waals surface area contributed by atoms with Crippen molar-refractivity contribution in [3.8, 4) is 0 Å². The lowest BCUT2D eigenvalue weighted by molar-refractivity contribution is -0.131. The molecule has 0 saturated carbocycles. The number of nitrogens with two attached hydrogens (primary N) is 1. The summed E-state index contributed by atoms with van der Waals surface area (Å²) >= 11 is 0. The van der Waals surface area contributed by atoms with Gasteiger partial charge in [0, 0.05) is 31.1 Å². The van der Waals surface area contributed by atoms with Crippen LogP contribution >= 0.6 is 0 Å². The van der Waals surface area contributed by atoms with Crippen LogP contribution in [0.1, 0.15) is 67.0 Å². The molecule has 6 nitrogen and oxygen atoms in total. The monoisotopic (exact) mass is 316 g/mol. The smallest absolute Gasteiger partial charge is 0.269 e. The number of nitrogens with one attached hydrogen (secondary N) is 1. The molecule has 6 heteroatoms. The summed E-state index contributed by atoms with van der Waals surface area (Å²) in [6.07, 6.45) is 9.37. The number of likely N-dealkylation sites (tertiary alicyclic amines) is 1. The summed E-state index contributed by atoms with van der Waals surface area (Å²) in [6.45, 7) is 1.51. The number of rotatable bonds is 4. The number of hydrogen-bond donors (Lipinski definition) is 2. The average Bonchev–Trinajstić information content (AvgIpc) is 3.06. The van der Waals surface area contributed by atoms with E-state index >= 15 is 0 Å². The van der Waals surface area contributed by atoms with Crippen molar-refractivity contribution in [3.63, 3.8) is 0 Å². The first kappa shape index (κ1) is 15.8. The Hall–Kier alpha value is -2.11.